The smallest absolute Gasteiger partial charge is 0.328 e. The van der Waals surface area contributed by atoms with Crippen molar-refractivity contribution in [2.75, 3.05) is 19.0 Å². The van der Waals surface area contributed by atoms with E-state index in [9.17, 15) is 4.79 Å². The number of nitrogens with one attached hydrogen (secondary N) is 1. The van der Waals surface area contributed by atoms with Crippen LogP contribution in [-0.4, -0.2) is 25.7 Å². The van der Waals surface area contributed by atoms with Crippen LogP contribution in [0, 0.1) is 0 Å². The second kappa shape index (κ2) is 6.28. The molecule has 20 heavy (non-hydrogen) atoms. The lowest BCUT2D eigenvalue weighted by atomic mass is 10.1. The molecule has 0 aromatic heterocycles. The first-order chi connectivity index (χ1) is 9.63. The Balaban J connectivity index is 2.17. The maximum absolute atomic E-state index is 11.6. The van der Waals surface area contributed by atoms with Gasteiger partial charge >= 0.3 is 5.97 Å². The molecule has 0 radical (unpaired) electrons. The van der Waals surface area contributed by atoms with Gasteiger partial charge in [-0.25, -0.2) is 4.79 Å². The van der Waals surface area contributed by atoms with Crippen LogP contribution < -0.4 is 10.1 Å². The number of fused-ring (bicyclic) bond motifs is 1. The molecular weight excluding hydrogens is 254 g/mol. The molecule has 0 aliphatic carbocycles. The summed E-state index contributed by atoms with van der Waals surface area (Å²) in [7, 11) is 1.65. The van der Waals surface area contributed by atoms with Gasteiger partial charge in [0.2, 0.25) is 0 Å². The highest BCUT2D eigenvalue weighted by Crippen LogP contribution is 2.24. The molecule has 4 nitrogen and oxygen atoms in total. The van der Waals surface area contributed by atoms with Crippen molar-refractivity contribution in [3.8, 4) is 5.75 Å². The molecule has 0 aliphatic rings. The van der Waals surface area contributed by atoms with Crippen LogP contribution >= 0.6 is 0 Å². The van der Waals surface area contributed by atoms with Gasteiger partial charge in [-0.3, -0.25) is 0 Å². The van der Waals surface area contributed by atoms with Gasteiger partial charge in [-0.1, -0.05) is 12.1 Å². The van der Waals surface area contributed by atoms with Crippen molar-refractivity contribution in [3.05, 3.63) is 36.4 Å². The van der Waals surface area contributed by atoms with Gasteiger partial charge in [0.25, 0.3) is 0 Å². The first kappa shape index (κ1) is 14.2. The summed E-state index contributed by atoms with van der Waals surface area (Å²) >= 11 is 0. The topological polar surface area (TPSA) is 47.6 Å². The molecule has 0 fully saturated rings. The van der Waals surface area contributed by atoms with Crippen LogP contribution in [0.3, 0.4) is 0 Å². The van der Waals surface area contributed by atoms with E-state index in [0.717, 1.165) is 22.2 Å². The minimum absolute atomic E-state index is 0.248. The third-order valence-corrected chi connectivity index (χ3v) is 3.07. The zero-order chi connectivity index (χ0) is 14.5. The Kier molecular flexibility index (Phi) is 4.45. The standard InChI is InChI=1S/C16H19NO3/c1-4-20-16(18)11(2)17-14-7-5-13-10-15(19-3)8-6-12(13)9-14/h5-11,17H,4H2,1-3H3/t11-/m0/s1. The summed E-state index contributed by atoms with van der Waals surface area (Å²) in [5, 5.41) is 5.33. The van der Waals surface area contributed by atoms with Crippen molar-refractivity contribution in [3.63, 3.8) is 0 Å². The summed E-state index contributed by atoms with van der Waals surface area (Å²) in [5.74, 6) is 0.584. The van der Waals surface area contributed by atoms with Gasteiger partial charge in [-0.05, 0) is 48.9 Å². The first-order valence-electron chi connectivity index (χ1n) is 6.65. The van der Waals surface area contributed by atoms with Crippen LogP contribution in [0.1, 0.15) is 13.8 Å². The van der Waals surface area contributed by atoms with Crippen molar-refractivity contribution in [1.29, 1.82) is 0 Å². The first-order valence-corrected chi connectivity index (χ1v) is 6.65. The third kappa shape index (κ3) is 3.20. The van der Waals surface area contributed by atoms with Crippen molar-refractivity contribution in [1.82, 2.24) is 0 Å². The molecule has 4 heteroatoms. The van der Waals surface area contributed by atoms with E-state index >= 15 is 0 Å². The molecule has 2 rings (SSSR count). The molecule has 2 aromatic carbocycles. The Labute approximate surface area is 118 Å². The Morgan fingerprint density at radius 3 is 2.60 bits per heavy atom. The molecule has 106 valence electrons. The van der Waals surface area contributed by atoms with Crippen molar-refractivity contribution >= 4 is 22.4 Å². The molecular formula is C16H19NO3. The van der Waals surface area contributed by atoms with Gasteiger partial charge in [-0.15, -0.1) is 0 Å². The highest BCUT2D eigenvalue weighted by molar-refractivity contribution is 5.88. The van der Waals surface area contributed by atoms with E-state index in [1.165, 1.54) is 0 Å². The summed E-state index contributed by atoms with van der Waals surface area (Å²) in [6, 6.07) is 11.5. The number of rotatable bonds is 5. The Hall–Kier alpha value is -2.23. The summed E-state index contributed by atoms with van der Waals surface area (Å²) in [5.41, 5.74) is 0.892. The fourth-order valence-electron chi connectivity index (χ4n) is 2.02. The lowest BCUT2D eigenvalue weighted by molar-refractivity contribution is -0.143. The Bertz CT molecular complexity index is 610. The van der Waals surface area contributed by atoms with Crippen molar-refractivity contribution in [2.45, 2.75) is 19.9 Å². The molecule has 1 atom stereocenters. The quantitative estimate of drug-likeness (QED) is 0.850. The highest BCUT2D eigenvalue weighted by atomic mass is 16.5. The van der Waals surface area contributed by atoms with E-state index in [1.54, 1.807) is 21.0 Å². The van der Waals surface area contributed by atoms with E-state index in [4.69, 9.17) is 9.47 Å². The van der Waals surface area contributed by atoms with Gasteiger partial charge in [-0.2, -0.15) is 0 Å². The summed E-state index contributed by atoms with van der Waals surface area (Å²) in [4.78, 5) is 11.6. The summed E-state index contributed by atoms with van der Waals surface area (Å²) in [6.07, 6.45) is 0. The maximum Gasteiger partial charge on any atom is 0.328 e. The molecule has 1 N–H and O–H groups in total. The summed E-state index contributed by atoms with van der Waals surface area (Å²) < 4.78 is 10.2. The zero-order valence-corrected chi connectivity index (χ0v) is 12.0. The number of carbonyl (C=O) groups excluding carboxylic acids is 1. The number of hydrogen-bond acceptors (Lipinski definition) is 4. The van der Waals surface area contributed by atoms with Crippen LogP contribution in [0.15, 0.2) is 36.4 Å². The van der Waals surface area contributed by atoms with E-state index in [0.29, 0.717) is 6.61 Å². The average molecular weight is 273 g/mol. The number of methoxy groups -OCH3 is 1. The van der Waals surface area contributed by atoms with E-state index in [2.05, 4.69) is 5.32 Å². The predicted octanol–water partition coefficient (Wildman–Crippen LogP) is 3.21. The second-order valence-electron chi connectivity index (χ2n) is 4.55. The van der Waals surface area contributed by atoms with Gasteiger partial charge in [0.05, 0.1) is 13.7 Å². The molecule has 0 amide bonds. The van der Waals surface area contributed by atoms with Crippen LogP contribution in [0.25, 0.3) is 10.8 Å². The number of benzene rings is 2. The van der Waals surface area contributed by atoms with Gasteiger partial charge in [0, 0.05) is 5.69 Å². The molecule has 0 saturated heterocycles. The lowest BCUT2D eigenvalue weighted by Gasteiger charge is -2.14. The van der Waals surface area contributed by atoms with Gasteiger partial charge in [0.15, 0.2) is 0 Å². The van der Waals surface area contributed by atoms with E-state index in [1.807, 2.05) is 36.4 Å². The predicted molar refractivity (Wildman–Crippen MR) is 80.2 cm³/mol. The zero-order valence-electron chi connectivity index (χ0n) is 12.0. The Morgan fingerprint density at radius 1 is 1.20 bits per heavy atom. The number of anilines is 1. The maximum atomic E-state index is 11.6. The van der Waals surface area contributed by atoms with Crippen LogP contribution in [-0.2, 0) is 9.53 Å². The molecule has 0 aliphatic heterocycles. The fraction of sp³-hybridized carbons (Fsp3) is 0.312. The normalized spacial score (nSPS) is 11.9. The van der Waals surface area contributed by atoms with E-state index in [-0.39, 0.29) is 12.0 Å². The average Bonchev–Trinajstić information content (AvgIpc) is 2.46. The largest absolute Gasteiger partial charge is 0.497 e. The fourth-order valence-corrected chi connectivity index (χ4v) is 2.02. The minimum atomic E-state index is -0.370. The number of carbonyl (C=O) groups is 1. The van der Waals surface area contributed by atoms with Crippen molar-refractivity contribution < 1.29 is 14.3 Å². The van der Waals surface area contributed by atoms with Gasteiger partial charge < -0.3 is 14.8 Å². The highest BCUT2D eigenvalue weighted by Gasteiger charge is 2.13. The molecule has 0 heterocycles. The third-order valence-electron chi connectivity index (χ3n) is 3.07. The second-order valence-corrected chi connectivity index (χ2v) is 4.55. The summed E-state index contributed by atoms with van der Waals surface area (Å²) in [6.45, 7) is 3.98. The molecule has 0 spiro atoms. The van der Waals surface area contributed by atoms with Crippen LogP contribution in [0.5, 0.6) is 5.75 Å². The Morgan fingerprint density at radius 2 is 1.90 bits per heavy atom. The number of hydrogen-bond donors (Lipinski definition) is 1. The lowest BCUT2D eigenvalue weighted by Crippen LogP contribution is -2.28. The number of esters is 1. The van der Waals surface area contributed by atoms with Gasteiger partial charge in [0.1, 0.15) is 11.8 Å². The molecule has 0 saturated carbocycles. The van der Waals surface area contributed by atoms with E-state index < -0.39 is 0 Å². The minimum Gasteiger partial charge on any atom is -0.497 e. The number of ether oxygens (including phenoxy) is 2. The SMILES string of the molecule is CCOC(=O)[C@H](C)Nc1ccc2cc(OC)ccc2c1. The van der Waals surface area contributed by atoms with Crippen LogP contribution in [0.4, 0.5) is 5.69 Å². The molecule has 0 bridgehead atoms. The monoisotopic (exact) mass is 273 g/mol. The van der Waals surface area contributed by atoms with Crippen molar-refractivity contribution in [2.24, 2.45) is 0 Å². The molecule has 0 unspecified atom stereocenters. The van der Waals surface area contributed by atoms with Crippen LogP contribution in [0.2, 0.25) is 0 Å². The molecule has 2 aromatic rings.